The van der Waals surface area contributed by atoms with E-state index in [9.17, 15) is 0 Å². The zero-order valence-corrected chi connectivity index (χ0v) is 9.31. The van der Waals surface area contributed by atoms with E-state index in [2.05, 4.69) is 20.5 Å². The standard InChI is InChI=1S/C10H14N6/c1-7-8(11)3-4-9(14-7)12-5-10-15-13-6-16(10)2/h3-4,6H,5,11H2,1-2H3,(H,12,14). The van der Waals surface area contributed by atoms with Gasteiger partial charge in [0.1, 0.15) is 12.1 Å². The number of pyridine rings is 1. The highest BCUT2D eigenvalue weighted by Crippen LogP contribution is 2.12. The summed E-state index contributed by atoms with van der Waals surface area (Å²) in [6.45, 7) is 2.47. The first kappa shape index (κ1) is 10.4. The predicted octanol–water partition coefficient (Wildman–Crippen LogP) is 0.713. The van der Waals surface area contributed by atoms with Gasteiger partial charge >= 0.3 is 0 Å². The summed E-state index contributed by atoms with van der Waals surface area (Å²) in [5.41, 5.74) is 7.21. The molecule has 0 saturated carbocycles. The highest BCUT2D eigenvalue weighted by molar-refractivity contribution is 5.48. The Morgan fingerprint density at radius 1 is 1.44 bits per heavy atom. The molecule has 2 rings (SSSR count). The fourth-order valence-electron chi connectivity index (χ4n) is 1.31. The molecule has 6 heteroatoms. The smallest absolute Gasteiger partial charge is 0.151 e. The van der Waals surface area contributed by atoms with Gasteiger partial charge in [-0.1, -0.05) is 0 Å². The summed E-state index contributed by atoms with van der Waals surface area (Å²) in [4.78, 5) is 4.31. The van der Waals surface area contributed by atoms with Gasteiger partial charge in [-0.25, -0.2) is 4.98 Å². The highest BCUT2D eigenvalue weighted by Gasteiger charge is 2.02. The van der Waals surface area contributed by atoms with Gasteiger partial charge in [0.05, 0.1) is 17.9 Å². The number of rotatable bonds is 3. The van der Waals surface area contributed by atoms with Crippen LogP contribution in [0.15, 0.2) is 18.5 Å². The second-order valence-electron chi connectivity index (χ2n) is 3.58. The fraction of sp³-hybridized carbons (Fsp3) is 0.300. The first-order valence-corrected chi connectivity index (χ1v) is 4.96. The third-order valence-electron chi connectivity index (χ3n) is 2.36. The van der Waals surface area contributed by atoms with Gasteiger partial charge in [-0.15, -0.1) is 10.2 Å². The minimum absolute atomic E-state index is 0.590. The van der Waals surface area contributed by atoms with Crippen LogP contribution in [-0.4, -0.2) is 19.7 Å². The quantitative estimate of drug-likeness (QED) is 0.793. The number of hydrogen-bond acceptors (Lipinski definition) is 5. The average molecular weight is 218 g/mol. The molecule has 0 aliphatic carbocycles. The molecule has 16 heavy (non-hydrogen) atoms. The zero-order chi connectivity index (χ0) is 11.5. The van der Waals surface area contributed by atoms with E-state index in [1.165, 1.54) is 0 Å². The number of anilines is 2. The number of nitrogens with two attached hydrogens (primary N) is 1. The van der Waals surface area contributed by atoms with Crippen LogP contribution in [0.1, 0.15) is 11.5 Å². The zero-order valence-electron chi connectivity index (χ0n) is 9.31. The van der Waals surface area contributed by atoms with Gasteiger partial charge in [-0.3, -0.25) is 0 Å². The largest absolute Gasteiger partial charge is 0.397 e. The highest BCUT2D eigenvalue weighted by atomic mass is 15.3. The van der Waals surface area contributed by atoms with Crippen LogP contribution in [0.4, 0.5) is 11.5 Å². The predicted molar refractivity (Wildman–Crippen MR) is 61.7 cm³/mol. The normalized spacial score (nSPS) is 10.4. The molecule has 0 aliphatic rings. The van der Waals surface area contributed by atoms with Crippen LogP contribution in [0.5, 0.6) is 0 Å². The van der Waals surface area contributed by atoms with Crippen LogP contribution in [0.2, 0.25) is 0 Å². The fourth-order valence-corrected chi connectivity index (χ4v) is 1.31. The van der Waals surface area contributed by atoms with Gasteiger partial charge in [0.2, 0.25) is 0 Å². The van der Waals surface area contributed by atoms with Crippen LogP contribution in [0.25, 0.3) is 0 Å². The van der Waals surface area contributed by atoms with Crippen molar-refractivity contribution in [2.24, 2.45) is 7.05 Å². The summed E-state index contributed by atoms with van der Waals surface area (Å²) >= 11 is 0. The molecule has 2 aromatic heterocycles. The second-order valence-corrected chi connectivity index (χ2v) is 3.58. The molecule has 0 amide bonds. The number of hydrogen-bond donors (Lipinski definition) is 2. The third kappa shape index (κ3) is 2.10. The first-order chi connectivity index (χ1) is 7.66. The molecule has 3 N–H and O–H groups in total. The van der Waals surface area contributed by atoms with Crippen molar-refractivity contribution < 1.29 is 0 Å². The lowest BCUT2D eigenvalue weighted by Gasteiger charge is -2.06. The van der Waals surface area contributed by atoms with Gasteiger partial charge in [0.25, 0.3) is 0 Å². The Bertz CT molecular complexity index is 490. The van der Waals surface area contributed by atoms with Gasteiger partial charge in [-0.2, -0.15) is 0 Å². The molecule has 0 fully saturated rings. The minimum Gasteiger partial charge on any atom is -0.397 e. The molecule has 0 aromatic carbocycles. The number of aromatic nitrogens is 4. The van der Waals surface area contributed by atoms with Crippen LogP contribution >= 0.6 is 0 Å². The Morgan fingerprint density at radius 3 is 2.88 bits per heavy atom. The molecule has 2 aromatic rings. The molecule has 0 aliphatic heterocycles. The van der Waals surface area contributed by atoms with Crippen LogP contribution in [0, 0.1) is 6.92 Å². The van der Waals surface area contributed by atoms with E-state index in [-0.39, 0.29) is 0 Å². The molecule has 0 bridgehead atoms. The number of nitrogen functional groups attached to an aromatic ring is 1. The Morgan fingerprint density at radius 2 is 2.25 bits per heavy atom. The summed E-state index contributed by atoms with van der Waals surface area (Å²) in [5, 5.41) is 10.9. The van der Waals surface area contributed by atoms with E-state index in [1.807, 2.05) is 30.7 Å². The third-order valence-corrected chi connectivity index (χ3v) is 2.36. The molecule has 0 radical (unpaired) electrons. The van der Waals surface area contributed by atoms with E-state index >= 15 is 0 Å². The van der Waals surface area contributed by atoms with Crippen LogP contribution < -0.4 is 11.1 Å². The maximum Gasteiger partial charge on any atom is 0.151 e. The van der Waals surface area contributed by atoms with Crippen LogP contribution in [0.3, 0.4) is 0 Å². The molecule has 0 spiro atoms. The average Bonchev–Trinajstić information content (AvgIpc) is 2.66. The van der Waals surface area contributed by atoms with Crippen molar-refractivity contribution in [3.8, 4) is 0 Å². The molecular weight excluding hydrogens is 204 g/mol. The Balaban J connectivity index is 2.05. The minimum atomic E-state index is 0.590. The van der Waals surface area contributed by atoms with Crippen molar-refractivity contribution in [1.29, 1.82) is 0 Å². The Hall–Kier alpha value is -2.11. The summed E-state index contributed by atoms with van der Waals surface area (Å²) in [7, 11) is 1.90. The van der Waals surface area contributed by atoms with Crippen molar-refractivity contribution >= 4 is 11.5 Å². The number of nitrogens with zero attached hydrogens (tertiary/aromatic N) is 4. The van der Waals surface area contributed by atoms with Crippen molar-refractivity contribution in [3.05, 3.63) is 30.0 Å². The molecule has 84 valence electrons. The van der Waals surface area contributed by atoms with Crippen molar-refractivity contribution in [1.82, 2.24) is 19.7 Å². The monoisotopic (exact) mass is 218 g/mol. The van der Waals surface area contributed by atoms with Gasteiger partial charge in [-0.05, 0) is 19.1 Å². The number of aryl methyl sites for hydroxylation is 2. The van der Waals surface area contributed by atoms with Gasteiger partial charge < -0.3 is 15.6 Å². The topological polar surface area (TPSA) is 81.7 Å². The van der Waals surface area contributed by atoms with E-state index in [4.69, 9.17) is 5.73 Å². The molecule has 0 unspecified atom stereocenters. The van der Waals surface area contributed by atoms with E-state index < -0.39 is 0 Å². The first-order valence-electron chi connectivity index (χ1n) is 4.96. The van der Waals surface area contributed by atoms with Crippen molar-refractivity contribution in [3.63, 3.8) is 0 Å². The molecular formula is C10H14N6. The molecule has 0 saturated heterocycles. The summed E-state index contributed by atoms with van der Waals surface area (Å²) < 4.78 is 1.86. The van der Waals surface area contributed by atoms with Crippen LogP contribution in [-0.2, 0) is 13.6 Å². The summed E-state index contributed by atoms with van der Waals surface area (Å²) in [5.74, 6) is 1.64. The molecule has 0 atom stereocenters. The lowest BCUT2D eigenvalue weighted by atomic mass is 10.3. The maximum absolute atomic E-state index is 5.69. The van der Waals surface area contributed by atoms with Crippen molar-refractivity contribution in [2.75, 3.05) is 11.1 Å². The lowest BCUT2D eigenvalue weighted by Crippen LogP contribution is -2.07. The van der Waals surface area contributed by atoms with Gasteiger partial charge in [0.15, 0.2) is 5.82 Å². The lowest BCUT2D eigenvalue weighted by molar-refractivity contribution is 0.810. The summed E-state index contributed by atoms with van der Waals surface area (Å²) in [6.07, 6.45) is 1.67. The van der Waals surface area contributed by atoms with Gasteiger partial charge in [0, 0.05) is 7.05 Å². The van der Waals surface area contributed by atoms with Crippen molar-refractivity contribution in [2.45, 2.75) is 13.5 Å². The number of nitrogens with one attached hydrogen (secondary N) is 1. The maximum atomic E-state index is 5.69. The van der Waals surface area contributed by atoms with E-state index in [0.29, 0.717) is 12.2 Å². The Kier molecular flexibility index (Phi) is 2.72. The Labute approximate surface area is 93.5 Å². The SMILES string of the molecule is Cc1nc(NCc2nncn2C)ccc1N. The summed E-state index contributed by atoms with van der Waals surface area (Å²) in [6, 6.07) is 3.68. The molecule has 6 nitrogen and oxygen atoms in total. The molecule has 2 heterocycles. The second kappa shape index (κ2) is 4.18. The van der Waals surface area contributed by atoms with E-state index in [0.717, 1.165) is 17.3 Å². The van der Waals surface area contributed by atoms with E-state index in [1.54, 1.807) is 6.33 Å².